The quantitative estimate of drug-likeness (QED) is 0.847. The Morgan fingerprint density at radius 3 is 2.26 bits per heavy atom. The van der Waals surface area contributed by atoms with Crippen LogP contribution in [-0.2, 0) is 16.9 Å². The predicted octanol–water partition coefficient (Wildman–Crippen LogP) is 2.97. The number of halogens is 1. The van der Waals surface area contributed by atoms with Crippen LogP contribution in [0.3, 0.4) is 0 Å². The summed E-state index contributed by atoms with van der Waals surface area (Å²) in [6, 6.07) is 14.0. The minimum absolute atomic E-state index is 0.364. The predicted molar refractivity (Wildman–Crippen MR) is 86.3 cm³/mol. The fourth-order valence-corrected chi connectivity index (χ4v) is 2.50. The van der Waals surface area contributed by atoms with Gasteiger partial charge in [-0.1, -0.05) is 35.9 Å². The zero-order valence-electron chi connectivity index (χ0n) is 12.4. The van der Waals surface area contributed by atoms with Crippen molar-refractivity contribution in [1.29, 1.82) is 0 Å². The van der Waals surface area contributed by atoms with Gasteiger partial charge in [-0.3, -0.25) is 10.1 Å². The summed E-state index contributed by atoms with van der Waals surface area (Å²) in [5, 5.41) is 5.55. The van der Waals surface area contributed by atoms with Crippen molar-refractivity contribution in [3.63, 3.8) is 0 Å². The maximum atomic E-state index is 11.9. The summed E-state index contributed by atoms with van der Waals surface area (Å²) in [7, 11) is 0. The molecule has 6 heteroatoms. The lowest BCUT2D eigenvalue weighted by molar-refractivity contribution is -0.123. The molecule has 0 spiro atoms. The molecule has 0 radical (unpaired) electrons. The highest BCUT2D eigenvalue weighted by Crippen LogP contribution is 2.26. The maximum Gasteiger partial charge on any atom is 0.322 e. The third-order valence-corrected chi connectivity index (χ3v) is 4.05. The van der Waals surface area contributed by atoms with Crippen LogP contribution in [-0.4, -0.2) is 11.9 Å². The van der Waals surface area contributed by atoms with Crippen molar-refractivity contribution in [3.8, 4) is 5.75 Å². The first-order chi connectivity index (χ1) is 11.0. The SMILES string of the molecule is CC1(c2ccc(OCc3ccc(Cl)cc3)cc2)NC(=O)NC1=O. The van der Waals surface area contributed by atoms with E-state index in [0.29, 0.717) is 22.9 Å². The lowest BCUT2D eigenvalue weighted by Crippen LogP contribution is -2.40. The molecule has 0 saturated carbocycles. The Bertz CT molecular complexity index is 743. The number of hydrogen-bond donors (Lipinski definition) is 2. The van der Waals surface area contributed by atoms with Crippen molar-refractivity contribution in [2.75, 3.05) is 0 Å². The van der Waals surface area contributed by atoms with Gasteiger partial charge in [-0.2, -0.15) is 0 Å². The molecular formula is C17H15ClN2O3. The summed E-state index contributed by atoms with van der Waals surface area (Å²) < 4.78 is 5.70. The van der Waals surface area contributed by atoms with Crippen LogP contribution in [0.4, 0.5) is 4.79 Å². The molecule has 23 heavy (non-hydrogen) atoms. The minimum Gasteiger partial charge on any atom is -0.489 e. The Balaban J connectivity index is 1.69. The van der Waals surface area contributed by atoms with Crippen LogP contribution in [0.15, 0.2) is 48.5 Å². The second-order valence-corrected chi connectivity index (χ2v) is 5.91. The number of amides is 3. The molecule has 3 rings (SSSR count). The van der Waals surface area contributed by atoms with Crippen LogP contribution in [0.5, 0.6) is 5.75 Å². The monoisotopic (exact) mass is 330 g/mol. The zero-order chi connectivity index (χ0) is 16.4. The summed E-state index contributed by atoms with van der Waals surface area (Å²) >= 11 is 5.84. The molecule has 1 heterocycles. The van der Waals surface area contributed by atoms with Gasteiger partial charge in [0, 0.05) is 5.02 Å². The summed E-state index contributed by atoms with van der Waals surface area (Å²) in [6.07, 6.45) is 0. The number of rotatable bonds is 4. The fourth-order valence-electron chi connectivity index (χ4n) is 2.38. The smallest absolute Gasteiger partial charge is 0.322 e. The Hall–Kier alpha value is -2.53. The largest absolute Gasteiger partial charge is 0.489 e. The number of carbonyl (C=O) groups excluding carboxylic acids is 2. The van der Waals surface area contributed by atoms with Gasteiger partial charge in [0.25, 0.3) is 5.91 Å². The molecule has 1 atom stereocenters. The van der Waals surface area contributed by atoms with E-state index in [-0.39, 0.29) is 5.91 Å². The summed E-state index contributed by atoms with van der Waals surface area (Å²) in [6.45, 7) is 2.09. The normalized spacial score (nSPS) is 20.1. The average Bonchev–Trinajstić information content (AvgIpc) is 2.81. The fraction of sp³-hybridized carbons (Fsp3) is 0.176. The molecule has 1 aliphatic rings. The summed E-state index contributed by atoms with van der Waals surface area (Å²) in [4.78, 5) is 23.2. The zero-order valence-corrected chi connectivity index (χ0v) is 13.2. The Kier molecular flexibility index (Phi) is 3.96. The van der Waals surface area contributed by atoms with Crippen LogP contribution >= 0.6 is 11.6 Å². The molecule has 1 fully saturated rings. The van der Waals surface area contributed by atoms with Crippen molar-refractivity contribution in [3.05, 3.63) is 64.7 Å². The number of benzene rings is 2. The van der Waals surface area contributed by atoms with Gasteiger partial charge in [-0.05, 0) is 42.3 Å². The number of carbonyl (C=O) groups is 2. The number of nitrogens with one attached hydrogen (secondary N) is 2. The van der Waals surface area contributed by atoms with Crippen molar-refractivity contribution < 1.29 is 14.3 Å². The lowest BCUT2D eigenvalue weighted by Gasteiger charge is -2.21. The molecule has 3 amide bonds. The van der Waals surface area contributed by atoms with E-state index in [1.807, 2.05) is 24.3 Å². The molecule has 5 nitrogen and oxygen atoms in total. The first kappa shape index (κ1) is 15.4. The van der Waals surface area contributed by atoms with Crippen LogP contribution < -0.4 is 15.4 Å². The van der Waals surface area contributed by atoms with Gasteiger partial charge in [0.1, 0.15) is 17.9 Å². The van der Waals surface area contributed by atoms with Gasteiger partial charge in [-0.15, -0.1) is 0 Å². The maximum absolute atomic E-state index is 11.9. The van der Waals surface area contributed by atoms with E-state index in [0.717, 1.165) is 5.56 Å². The summed E-state index contributed by atoms with van der Waals surface area (Å²) in [5.74, 6) is 0.314. The van der Waals surface area contributed by atoms with Crippen molar-refractivity contribution >= 4 is 23.5 Å². The van der Waals surface area contributed by atoms with Crippen molar-refractivity contribution in [2.24, 2.45) is 0 Å². The molecule has 2 aromatic carbocycles. The van der Waals surface area contributed by atoms with Crippen LogP contribution in [0.25, 0.3) is 0 Å². The van der Waals surface area contributed by atoms with E-state index >= 15 is 0 Å². The van der Waals surface area contributed by atoms with E-state index < -0.39 is 11.6 Å². The Morgan fingerprint density at radius 1 is 1.04 bits per heavy atom. The van der Waals surface area contributed by atoms with Crippen molar-refractivity contribution in [2.45, 2.75) is 19.1 Å². The van der Waals surface area contributed by atoms with Gasteiger partial charge < -0.3 is 10.1 Å². The standard InChI is InChI=1S/C17H15ClN2O3/c1-17(15(21)19-16(22)20-17)12-4-8-14(9-5-12)23-10-11-2-6-13(18)7-3-11/h2-9H,10H2,1H3,(H2,19,20,21,22). The Labute approximate surface area is 138 Å². The van der Waals surface area contributed by atoms with E-state index in [2.05, 4.69) is 10.6 Å². The van der Waals surface area contributed by atoms with Crippen LogP contribution in [0.1, 0.15) is 18.1 Å². The molecule has 0 bridgehead atoms. The third kappa shape index (κ3) is 3.14. The molecule has 0 aromatic heterocycles. The first-order valence-corrected chi connectivity index (χ1v) is 7.46. The molecule has 118 valence electrons. The number of imide groups is 1. The van der Waals surface area contributed by atoms with E-state index in [4.69, 9.17) is 16.3 Å². The van der Waals surface area contributed by atoms with Gasteiger partial charge >= 0.3 is 6.03 Å². The van der Waals surface area contributed by atoms with Gasteiger partial charge in [-0.25, -0.2) is 4.79 Å². The lowest BCUT2D eigenvalue weighted by atomic mass is 9.92. The van der Waals surface area contributed by atoms with E-state index in [9.17, 15) is 9.59 Å². The van der Waals surface area contributed by atoms with E-state index in [1.165, 1.54) is 0 Å². The molecule has 1 saturated heterocycles. The third-order valence-electron chi connectivity index (χ3n) is 3.80. The van der Waals surface area contributed by atoms with Crippen LogP contribution in [0, 0.1) is 0 Å². The molecule has 0 aliphatic carbocycles. The van der Waals surface area contributed by atoms with Crippen LogP contribution in [0.2, 0.25) is 5.02 Å². The second kappa shape index (κ2) is 5.93. The van der Waals surface area contributed by atoms with Crippen molar-refractivity contribution in [1.82, 2.24) is 10.6 Å². The number of hydrogen-bond acceptors (Lipinski definition) is 3. The molecule has 2 N–H and O–H groups in total. The molecule has 1 aliphatic heterocycles. The molecule has 1 unspecified atom stereocenters. The number of urea groups is 1. The highest BCUT2D eigenvalue weighted by molar-refractivity contribution is 6.30. The van der Waals surface area contributed by atoms with E-state index in [1.54, 1.807) is 31.2 Å². The minimum atomic E-state index is -1.05. The second-order valence-electron chi connectivity index (χ2n) is 5.47. The van der Waals surface area contributed by atoms with Gasteiger partial charge in [0.05, 0.1) is 0 Å². The van der Waals surface area contributed by atoms with Gasteiger partial charge in [0.15, 0.2) is 0 Å². The number of ether oxygens (including phenoxy) is 1. The summed E-state index contributed by atoms with van der Waals surface area (Å²) in [5.41, 5.74) is 0.652. The Morgan fingerprint density at radius 2 is 1.70 bits per heavy atom. The topological polar surface area (TPSA) is 67.4 Å². The highest BCUT2D eigenvalue weighted by Gasteiger charge is 2.43. The highest BCUT2D eigenvalue weighted by atomic mass is 35.5. The first-order valence-electron chi connectivity index (χ1n) is 7.09. The average molecular weight is 331 g/mol. The van der Waals surface area contributed by atoms with Gasteiger partial charge in [0.2, 0.25) is 0 Å². The molecular weight excluding hydrogens is 316 g/mol. The molecule has 2 aromatic rings.